The largest absolute Gasteiger partial charge is 0.351 e. The molecule has 5 rings (SSSR count). The molecular weight excluding hydrogens is 410 g/mol. The highest BCUT2D eigenvalue weighted by Crippen LogP contribution is 2.34. The first-order valence-corrected chi connectivity index (χ1v) is 12.5. The van der Waals surface area contributed by atoms with Gasteiger partial charge in [0.2, 0.25) is 11.8 Å². The van der Waals surface area contributed by atoms with Crippen molar-refractivity contribution < 1.29 is 9.59 Å². The summed E-state index contributed by atoms with van der Waals surface area (Å²) >= 11 is 0. The number of nitrogens with one attached hydrogen (secondary N) is 1. The number of hydrogen-bond acceptors (Lipinski definition) is 3. The molecule has 5 nitrogen and oxygen atoms in total. The Hall–Kier alpha value is -2.66. The molecule has 2 aliphatic heterocycles. The fraction of sp³-hybridized carbons (Fsp3) is 0.500. The molecule has 5 heteroatoms. The van der Waals surface area contributed by atoms with Gasteiger partial charge in [-0.1, -0.05) is 80.3 Å². The Morgan fingerprint density at radius 1 is 0.970 bits per heavy atom. The molecule has 2 amide bonds. The summed E-state index contributed by atoms with van der Waals surface area (Å²) < 4.78 is 0. The maximum Gasteiger partial charge on any atom is 0.247 e. The first kappa shape index (κ1) is 22.1. The molecule has 2 atom stereocenters. The lowest BCUT2D eigenvalue weighted by atomic mass is 9.84. The van der Waals surface area contributed by atoms with Gasteiger partial charge in [-0.2, -0.15) is 0 Å². The molecule has 0 aromatic heterocycles. The molecule has 1 saturated heterocycles. The van der Waals surface area contributed by atoms with E-state index in [1.54, 1.807) is 0 Å². The van der Waals surface area contributed by atoms with Crippen LogP contribution in [0, 0.1) is 0 Å². The molecule has 174 valence electrons. The first-order valence-electron chi connectivity index (χ1n) is 12.5. The van der Waals surface area contributed by atoms with Crippen LogP contribution in [-0.2, 0) is 29.1 Å². The van der Waals surface area contributed by atoms with Gasteiger partial charge in [-0.05, 0) is 42.9 Å². The van der Waals surface area contributed by atoms with Crippen molar-refractivity contribution in [2.45, 2.75) is 82.6 Å². The number of carbonyl (C=O) groups excluding carboxylic acids is 2. The van der Waals surface area contributed by atoms with Crippen LogP contribution in [0.5, 0.6) is 0 Å². The second-order valence-electron chi connectivity index (χ2n) is 10.2. The topological polar surface area (TPSA) is 52.7 Å². The molecule has 0 spiro atoms. The number of benzene rings is 2. The fourth-order valence-electron chi connectivity index (χ4n) is 5.87. The molecule has 0 bridgehead atoms. The Morgan fingerprint density at radius 2 is 1.64 bits per heavy atom. The number of amides is 2. The predicted octanol–water partition coefficient (Wildman–Crippen LogP) is 4.05. The number of rotatable bonds is 4. The van der Waals surface area contributed by atoms with Gasteiger partial charge in [0.25, 0.3) is 0 Å². The Balaban J connectivity index is 1.45. The van der Waals surface area contributed by atoms with E-state index < -0.39 is 5.54 Å². The third-order valence-electron chi connectivity index (χ3n) is 7.87. The smallest absolute Gasteiger partial charge is 0.247 e. The summed E-state index contributed by atoms with van der Waals surface area (Å²) in [5, 5.41) is 3.36. The molecular formula is C28H35N3O2. The van der Waals surface area contributed by atoms with Crippen molar-refractivity contribution in [1.82, 2.24) is 15.1 Å². The van der Waals surface area contributed by atoms with Crippen molar-refractivity contribution in [3.05, 3.63) is 71.3 Å². The molecule has 2 aromatic carbocycles. The molecule has 2 heterocycles. The lowest BCUT2D eigenvalue weighted by Gasteiger charge is -2.52. The van der Waals surface area contributed by atoms with Gasteiger partial charge in [0.1, 0.15) is 5.54 Å². The van der Waals surface area contributed by atoms with Gasteiger partial charge >= 0.3 is 0 Å². The molecule has 3 aliphatic rings. The minimum Gasteiger partial charge on any atom is -0.351 e. The van der Waals surface area contributed by atoms with Gasteiger partial charge in [0.05, 0.1) is 6.04 Å². The SMILES string of the molecule is C[C@@]1(C(=O)NC2CCCCCC2)CN2Cc3ccccc3C[C@@H]2C(=O)N1Cc1ccccc1. The van der Waals surface area contributed by atoms with Crippen molar-refractivity contribution in [3.8, 4) is 0 Å². The van der Waals surface area contributed by atoms with Gasteiger partial charge < -0.3 is 10.2 Å². The minimum atomic E-state index is -0.901. The Bertz CT molecular complexity index is 999. The number of piperazine rings is 1. The van der Waals surface area contributed by atoms with Crippen LogP contribution in [0.15, 0.2) is 54.6 Å². The predicted molar refractivity (Wildman–Crippen MR) is 129 cm³/mol. The van der Waals surface area contributed by atoms with Crippen LogP contribution in [0.25, 0.3) is 0 Å². The molecule has 1 N–H and O–H groups in total. The van der Waals surface area contributed by atoms with Crippen LogP contribution in [-0.4, -0.2) is 45.8 Å². The third kappa shape index (κ3) is 4.43. The van der Waals surface area contributed by atoms with E-state index in [0.717, 1.165) is 24.9 Å². The average molecular weight is 446 g/mol. The van der Waals surface area contributed by atoms with Crippen LogP contribution in [0.2, 0.25) is 0 Å². The van der Waals surface area contributed by atoms with E-state index in [0.29, 0.717) is 19.5 Å². The van der Waals surface area contributed by atoms with Crippen molar-refractivity contribution >= 4 is 11.8 Å². The first-order chi connectivity index (χ1) is 16.0. The fourth-order valence-corrected chi connectivity index (χ4v) is 5.87. The number of fused-ring (bicyclic) bond motifs is 2. The number of nitrogens with zero attached hydrogens (tertiary/aromatic N) is 2. The standard InChI is InChI=1S/C28H35N3O2/c1-28(27(33)29-24-15-7-2-3-8-16-24)20-30-19-23-14-10-9-13-22(23)17-25(30)26(32)31(28)18-21-11-5-4-6-12-21/h4-6,9-14,24-25H,2-3,7-8,15-20H2,1H3,(H,29,33)/t25-,28+/m1/s1. The van der Waals surface area contributed by atoms with Crippen molar-refractivity contribution in [2.24, 2.45) is 0 Å². The van der Waals surface area contributed by atoms with Gasteiger partial charge in [0, 0.05) is 25.7 Å². The highest BCUT2D eigenvalue weighted by Gasteiger charge is 2.52. The van der Waals surface area contributed by atoms with E-state index >= 15 is 0 Å². The molecule has 2 fully saturated rings. The lowest BCUT2D eigenvalue weighted by molar-refractivity contribution is -0.163. The van der Waals surface area contributed by atoms with Crippen LogP contribution in [0.1, 0.15) is 62.1 Å². The molecule has 0 radical (unpaired) electrons. The summed E-state index contributed by atoms with van der Waals surface area (Å²) in [6.07, 6.45) is 7.61. The number of carbonyl (C=O) groups is 2. The zero-order valence-corrected chi connectivity index (χ0v) is 19.6. The van der Waals surface area contributed by atoms with Crippen LogP contribution >= 0.6 is 0 Å². The maximum atomic E-state index is 13.9. The van der Waals surface area contributed by atoms with E-state index in [9.17, 15) is 9.59 Å². The van der Waals surface area contributed by atoms with Crippen molar-refractivity contribution in [1.29, 1.82) is 0 Å². The quantitative estimate of drug-likeness (QED) is 0.723. The average Bonchev–Trinajstić information content (AvgIpc) is 3.10. The third-order valence-corrected chi connectivity index (χ3v) is 7.87. The summed E-state index contributed by atoms with van der Waals surface area (Å²) in [5.41, 5.74) is 2.68. The summed E-state index contributed by atoms with van der Waals surface area (Å²) in [7, 11) is 0. The highest BCUT2D eigenvalue weighted by molar-refractivity contribution is 5.95. The Morgan fingerprint density at radius 3 is 2.36 bits per heavy atom. The number of hydrogen-bond donors (Lipinski definition) is 1. The zero-order valence-electron chi connectivity index (χ0n) is 19.6. The summed E-state index contributed by atoms with van der Waals surface area (Å²) in [6, 6.07) is 18.5. The molecule has 0 unspecified atom stereocenters. The monoisotopic (exact) mass is 445 g/mol. The second kappa shape index (κ2) is 9.30. The van der Waals surface area contributed by atoms with Crippen molar-refractivity contribution in [3.63, 3.8) is 0 Å². The van der Waals surface area contributed by atoms with Crippen LogP contribution < -0.4 is 5.32 Å². The van der Waals surface area contributed by atoms with E-state index in [-0.39, 0.29) is 23.9 Å². The van der Waals surface area contributed by atoms with Crippen LogP contribution in [0.3, 0.4) is 0 Å². The summed E-state index contributed by atoms with van der Waals surface area (Å²) in [5.74, 6) is 0.0640. The molecule has 1 saturated carbocycles. The van der Waals surface area contributed by atoms with Gasteiger partial charge in [-0.3, -0.25) is 14.5 Å². The lowest BCUT2D eigenvalue weighted by Crippen LogP contribution is -2.72. The second-order valence-corrected chi connectivity index (χ2v) is 10.2. The molecule has 33 heavy (non-hydrogen) atoms. The molecule has 1 aliphatic carbocycles. The van der Waals surface area contributed by atoms with E-state index in [2.05, 4.69) is 28.4 Å². The summed E-state index contributed by atoms with van der Waals surface area (Å²) in [4.78, 5) is 31.9. The van der Waals surface area contributed by atoms with Crippen molar-refractivity contribution in [2.75, 3.05) is 6.54 Å². The van der Waals surface area contributed by atoms with Gasteiger partial charge in [-0.25, -0.2) is 0 Å². The Labute approximate surface area is 197 Å². The minimum absolute atomic E-state index is 0.00371. The van der Waals surface area contributed by atoms with E-state index in [1.165, 1.54) is 36.8 Å². The molecule has 2 aromatic rings. The zero-order chi connectivity index (χ0) is 22.8. The highest BCUT2D eigenvalue weighted by atomic mass is 16.2. The van der Waals surface area contributed by atoms with Crippen LogP contribution in [0.4, 0.5) is 0 Å². The van der Waals surface area contributed by atoms with E-state index in [1.807, 2.05) is 48.2 Å². The van der Waals surface area contributed by atoms with Gasteiger partial charge in [0.15, 0.2) is 0 Å². The van der Waals surface area contributed by atoms with Gasteiger partial charge in [-0.15, -0.1) is 0 Å². The normalized spacial score (nSPS) is 26.3. The van der Waals surface area contributed by atoms with E-state index in [4.69, 9.17) is 0 Å². The maximum absolute atomic E-state index is 13.9. The summed E-state index contributed by atoms with van der Waals surface area (Å²) in [6.45, 7) is 3.71. The Kier molecular flexibility index (Phi) is 6.24.